The Morgan fingerprint density at radius 2 is 1.90 bits per heavy atom. The van der Waals surface area contributed by atoms with Crippen LogP contribution < -0.4 is 5.32 Å². The summed E-state index contributed by atoms with van der Waals surface area (Å²) in [6.45, 7) is 8.92. The molecule has 0 aliphatic rings. The van der Waals surface area contributed by atoms with Crippen LogP contribution in [-0.2, 0) is 6.42 Å². The predicted molar refractivity (Wildman–Crippen MR) is 82.3 cm³/mol. The van der Waals surface area contributed by atoms with Gasteiger partial charge in [-0.3, -0.25) is 0 Å². The number of rotatable bonds is 6. The van der Waals surface area contributed by atoms with E-state index in [4.69, 9.17) is 4.52 Å². The zero-order chi connectivity index (χ0) is 15.4. The number of aromatic nitrogens is 2. The highest BCUT2D eigenvalue weighted by molar-refractivity contribution is 5.60. The molecule has 2 rings (SSSR count). The zero-order valence-electron chi connectivity index (χ0n) is 13.1. The zero-order valence-corrected chi connectivity index (χ0v) is 13.1. The molecule has 0 bridgehead atoms. The van der Waals surface area contributed by atoms with Crippen molar-refractivity contribution < 1.29 is 9.63 Å². The molecule has 0 amide bonds. The van der Waals surface area contributed by atoms with E-state index in [9.17, 15) is 5.11 Å². The van der Waals surface area contributed by atoms with E-state index in [0.717, 1.165) is 36.1 Å². The summed E-state index contributed by atoms with van der Waals surface area (Å²) in [4.78, 5) is 4.42. The standard InChI is InChI=1S/C16H23N3O2/c1-10(2)17-7-5-6-14-18-16(19-21-14)13-8-11(3)15(20)12(4)9-13/h8-10,17,20H,5-7H2,1-4H3. The Bertz CT molecular complexity index is 582. The molecule has 0 saturated carbocycles. The van der Waals surface area contributed by atoms with Crippen molar-refractivity contribution >= 4 is 0 Å². The summed E-state index contributed by atoms with van der Waals surface area (Å²) in [6.07, 6.45) is 1.73. The monoisotopic (exact) mass is 289 g/mol. The molecular weight excluding hydrogens is 266 g/mol. The Kier molecular flexibility index (Phi) is 4.96. The number of nitrogens with zero attached hydrogens (tertiary/aromatic N) is 2. The average Bonchev–Trinajstić information content (AvgIpc) is 2.89. The maximum absolute atomic E-state index is 9.80. The fraction of sp³-hybridized carbons (Fsp3) is 0.500. The van der Waals surface area contributed by atoms with Gasteiger partial charge >= 0.3 is 0 Å². The van der Waals surface area contributed by atoms with Crippen molar-refractivity contribution in [3.8, 4) is 17.1 Å². The number of nitrogens with one attached hydrogen (secondary N) is 1. The number of phenols is 1. The van der Waals surface area contributed by atoms with Crippen molar-refractivity contribution in [2.24, 2.45) is 0 Å². The third kappa shape index (κ3) is 4.04. The molecule has 0 aliphatic heterocycles. The van der Waals surface area contributed by atoms with E-state index < -0.39 is 0 Å². The molecule has 114 valence electrons. The molecule has 0 aliphatic carbocycles. The smallest absolute Gasteiger partial charge is 0.227 e. The van der Waals surface area contributed by atoms with E-state index in [1.54, 1.807) is 0 Å². The molecular formula is C16H23N3O2. The van der Waals surface area contributed by atoms with Crippen molar-refractivity contribution in [3.63, 3.8) is 0 Å². The molecule has 0 saturated heterocycles. The lowest BCUT2D eigenvalue weighted by atomic mass is 10.1. The summed E-state index contributed by atoms with van der Waals surface area (Å²) in [5.41, 5.74) is 2.51. The lowest BCUT2D eigenvalue weighted by Gasteiger charge is -2.05. The summed E-state index contributed by atoms with van der Waals surface area (Å²) >= 11 is 0. The fourth-order valence-corrected chi connectivity index (χ4v) is 2.19. The van der Waals surface area contributed by atoms with Crippen LogP contribution in [0.2, 0.25) is 0 Å². The van der Waals surface area contributed by atoms with Gasteiger partial charge in [0.15, 0.2) is 0 Å². The van der Waals surface area contributed by atoms with Gasteiger partial charge in [-0.1, -0.05) is 19.0 Å². The number of phenolic OH excluding ortho intramolecular Hbond substituents is 1. The molecule has 2 N–H and O–H groups in total. The van der Waals surface area contributed by atoms with E-state index in [1.807, 2.05) is 26.0 Å². The van der Waals surface area contributed by atoms with Crippen LogP contribution in [0.1, 0.15) is 37.3 Å². The van der Waals surface area contributed by atoms with Gasteiger partial charge < -0.3 is 14.9 Å². The van der Waals surface area contributed by atoms with E-state index in [2.05, 4.69) is 29.3 Å². The molecule has 5 heteroatoms. The van der Waals surface area contributed by atoms with Crippen LogP contribution in [0.3, 0.4) is 0 Å². The molecule has 1 aromatic heterocycles. The minimum atomic E-state index is 0.322. The molecule has 21 heavy (non-hydrogen) atoms. The van der Waals surface area contributed by atoms with E-state index in [0.29, 0.717) is 23.5 Å². The molecule has 1 heterocycles. The first-order chi connectivity index (χ1) is 9.97. The van der Waals surface area contributed by atoms with E-state index in [1.165, 1.54) is 0 Å². The van der Waals surface area contributed by atoms with Gasteiger partial charge in [-0.15, -0.1) is 0 Å². The Balaban J connectivity index is 2.03. The quantitative estimate of drug-likeness (QED) is 0.800. The highest BCUT2D eigenvalue weighted by Gasteiger charge is 2.11. The SMILES string of the molecule is Cc1cc(-c2noc(CCCNC(C)C)n2)cc(C)c1O. The van der Waals surface area contributed by atoms with Gasteiger partial charge in [-0.25, -0.2) is 0 Å². The van der Waals surface area contributed by atoms with Gasteiger partial charge in [-0.2, -0.15) is 4.98 Å². The molecule has 0 unspecified atom stereocenters. The first-order valence-electron chi connectivity index (χ1n) is 7.34. The number of hydrogen-bond acceptors (Lipinski definition) is 5. The largest absolute Gasteiger partial charge is 0.507 e. The third-order valence-electron chi connectivity index (χ3n) is 3.34. The minimum absolute atomic E-state index is 0.322. The van der Waals surface area contributed by atoms with Gasteiger partial charge in [0.2, 0.25) is 11.7 Å². The topological polar surface area (TPSA) is 71.2 Å². The Morgan fingerprint density at radius 1 is 1.24 bits per heavy atom. The number of aromatic hydroxyl groups is 1. The lowest BCUT2D eigenvalue weighted by Crippen LogP contribution is -2.23. The number of aryl methyl sites for hydroxylation is 3. The van der Waals surface area contributed by atoms with Crippen LogP contribution >= 0.6 is 0 Å². The van der Waals surface area contributed by atoms with Crippen LogP contribution in [0.5, 0.6) is 5.75 Å². The van der Waals surface area contributed by atoms with E-state index >= 15 is 0 Å². The number of hydrogen-bond donors (Lipinski definition) is 2. The lowest BCUT2D eigenvalue weighted by molar-refractivity contribution is 0.374. The molecule has 1 aromatic carbocycles. The van der Waals surface area contributed by atoms with Crippen molar-refractivity contribution in [1.29, 1.82) is 0 Å². The Hall–Kier alpha value is -1.88. The van der Waals surface area contributed by atoms with Gasteiger partial charge in [0.1, 0.15) is 5.75 Å². The maximum Gasteiger partial charge on any atom is 0.227 e. The van der Waals surface area contributed by atoms with Crippen molar-refractivity contribution in [1.82, 2.24) is 15.5 Å². The van der Waals surface area contributed by atoms with Gasteiger partial charge in [0.05, 0.1) is 0 Å². The fourth-order valence-electron chi connectivity index (χ4n) is 2.19. The second kappa shape index (κ2) is 6.72. The second-order valence-corrected chi connectivity index (χ2v) is 5.68. The van der Waals surface area contributed by atoms with Crippen molar-refractivity contribution in [3.05, 3.63) is 29.2 Å². The van der Waals surface area contributed by atoms with Crippen LogP contribution in [0.4, 0.5) is 0 Å². The molecule has 5 nitrogen and oxygen atoms in total. The van der Waals surface area contributed by atoms with E-state index in [-0.39, 0.29) is 0 Å². The highest BCUT2D eigenvalue weighted by Crippen LogP contribution is 2.27. The molecule has 0 atom stereocenters. The Morgan fingerprint density at radius 3 is 2.52 bits per heavy atom. The van der Waals surface area contributed by atoms with Crippen LogP contribution in [0.25, 0.3) is 11.4 Å². The summed E-state index contributed by atoms with van der Waals surface area (Å²) in [7, 11) is 0. The summed E-state index contributed by atoms with van der Waals surface area (Å²) in [5.74, 6) is 1.55. The predicted octanol–water partition coefficient (Wildman–Crippen LogP) is 2.99. The van der Waals surface area contributed by atoms with Gasteiger partial charge in [-0.05, 0) is 50.1 Å². The minimum Gasteiger partial charge on any atom is -0.507 e. The Labute approximate surface area is 125 Å². The van der Waals surface area contributed by atoms with Crippen molar-refractivity contribution in [2.45, 2.75) is 46.6 Å². The normalized spacial score (nSPS) is 11.3. The first-order valence-corrected chi connectivity index (χ1v) is 7.34. The molecule has 0 spiro atoms. The third-order valence-corrected chi connectivity index (χ3v) is 3.34. The summed E-state index contributed by atoms with van der Waals surface area (Å²) in [6, 6.07) is 4.24. The van der Waals surface area contributed by atoms with Crippen LogP contribution in [-0.4, -0.2) is 27.8 Å². The highest BCUT2D eigenvalue weighted by atomic mass is 16.5. The number of benzene rings is 1. The van der Waals surface area contributed by atoms with Gasteiger partial charge in [0.25, 0.3) is 0 Å². The maximum atomic E-state index is 9.80. The van der Waals surface area contributed by atoms with Crippen LogP contribution in [0, 0.1) is 13.8 Å². The summed E-state index contributed by atoms with van der Waals surface area (Å²) in [5, 5.41) is 17.2. The summed E-state index contributed by atoms with van der Waals surface area (Å²) < 4.78 is 5.28. The van der Waals surface area contributed by atoms with Crippen molar-refractivity contribution in [2.75, 3.05) is 6.54 Å². The average molecular weight is 289 g/mol. The van der Waals surface area contributed by atoms with Crippen LogP contribution in [0.15, 0.2) is 16.7 Å². The molecule has 0 fully saturated rings. The molecule has 0 radical (unpaired) electrons. The van der Waals surface area contributed by atoms with Gasteiger partial charge in [0, 0.05) is 18.0 Å². The molecule has 2 aromatic rings. The first kappa shape index (κ1) is 15.5. The second-order valence-electron chi connectivity index (χ2n) is 5.68.